The van der Waals surface area contributed by atoms with Crippen LogP contribution in [0.15, 0.2) is 42.1 Å². The van der Waals surface area contributed by atoms with Crippen LogP contribution in [-0.2, 0) is 16.6 Å². The first-order valence-electron chi connectivity index (χ1n) is 14.4. The Morgan fingerprint density at radius 2 is 2.00 bits per heavy atom. The molecule has 0 saturated heterocycles. The number of carbonyl (C=O) groups excluding carboxylic acids is 1. The highest BCUT2D eigenvalue weighted by Crippen LogP contribution is 2.56. The number of nitrogens with two attached hydrogens (primary N) is 1. The molecule has 2 aromatic rings. The second kappa shape index (κ2) is 10.9. The summed E-state index contributed by atoms with van der Waals surface area (Å²) in [4.78, 5) is 15.2. The number of benzene rings is 2. The summed E-state index contributed by atoms with van der Waals surface area (Å²) in [7, 11) is 0. The van der Waals surface area contributed by atoms with E-state index in [0.717, 1.165) is 48.2 Å². The largest absolute Gasteiger partial charge is 0.504 e. The number of aryl methyl sites for hydroxylation is 2. The van der Waals surface area contributed by atoms with Gasteiger partial charge >= 0.3 is 0 Å². The molecule has 2 aliphatic carbocycles. The number of aromatic hydroxyl groups is 1. The van der Waals surface area contributed by atoms with Crippen molar-refractivity contribution in [3.8, 4) is 11.5 Å². The highest BCUT2D eigenvalue weighted by Gasteiger charge is 2.60. The van der Waals surface area contributed by atoms with Gasteiger partial charge in [0.05, 0.1) is 16.7 Å². The molecule has 0 radical (unpaired) electrons. The van der Waals surface area contributed by atoms with Crippen molar-refractivity contribution in [2.24, 2.45) is 11.7 Å². The Balaban J connectivity index is 1.36. The highest BCUT2D eigenvalue weighted by atomic mass is 16.5. The highest BCUT2D eigenvalue weighted by molar-refractivity contribution is 5.96. The number of aliphatic hydroxyl groups is 1. The van der Waals surface area contributed by atoms with Crippen LogP contribution in [-0.4, -0.2) is 58.9 Å². The summed E-state index contributed by atoms with van der Waals surface area (Å²) >= 11 is 0. The molecule has 0 spiro atoms. The van der Waals surface area contributed by atoms with Gasteiger partial charge in [-0.15, -0.1) is 0 Å². The summed E-state index contributed by atoms with van der Waals surface area (Å²) in [6, 6.07) is 11.5. The van der Waals surface area contributed by atoms with Crippen LogP contribution in [0.3, 0.4) is 0 Å². The Kier molecular flexibility index (Phi) is 7.66. The van der Waals surface area contributed by atoms with E-state index in [1.807, 2.05) is 37.3 Å². The van der Waals surface area contributed by atoms with Crippen molar-refractivity contribution in [1.82, 2.24) is 10.2 Å². The number of nitrogens with zero attached hydrogens (tertiary/aromatic N) is 1. The first kappa shape index (κ1) is 27.5. The fourth-order valence-corrected chi connectivity index (χ4v) is 6.78. The number of phenols is 1. The van der Waals surface area contributed by atoms with Gasteiger partial charge in [0.15, 0.2) is 11.5 Å². The Hall–Kier alpha value is -3.03. The molecule has 3 unspecified atom stereocenters. The number of phenolic OH excluding ortho intramolecular Hbond substituents is 1. The van der Waals surface area contributed by atoms with E-state index in [1.54, 1.807) is 12.1 Å². The van der Waals surface area contributed by atoms with E-state index in [4.69, 9.17) is 10.5 Å². The van der Waals surface area contributed by atoms with Gasteiger partial charge in [0.25, 0.3) is 5.91 Å². The average molecular weight is 534 g/mol. The quantitative estimate of drug-likeness (QED) is 0.271. The van der Waals surface area contributed by atoms with Gasteiger partial charge in [0, 0.05) is 24.7 Å². The number of hydrogen-bond acceptors (Lipinski definition) is 6. The number of nitrogens with one attached hydrogen (secondary N) is 1. The Labute approximate surface area is 232 Å². The lowest BCUT2D eigenvalue weighted by Crippen LogP contribution is -2.63. The first-order chi connectivity index (χ1) is 18.7. The van der Waals surface area contributed by atoms with Crippen molar-refractivity contribution in [3.05, 3.63) is 64.3 Å². The van der Waals surface area contributed by atoms with E-state index < -0.39 is 11.0 Å². The van der Waals surface area contributed by atoms with E-state index >= 15 is 0 Å². The van der Waals surface area contributed by atoms with Crippen LogP contribution < -0.4 is 15.8 Å². The first-order valence-corrected chi connectivity index (χ1v) is 14.4. The molecule has 1 heterocycles. The van der Waals surface area contributed by atoms with Crippen LogP contribution in [0, 0.1) is 12.8 Å². The molecular weight excluding hydrogens is 490 g/mol. The smallest absolute Gasteiger partial charge is 0.267 e. The molecule has 210 valence electrons. The molecule has 0 aromatic heterocycles. The van der Waals surface area contributed by atoms with Crippen molar-refractivity contribution in [2.45, 2.75) is 76.4 Å². The van der Waals surface area contributed by atoms with Crippen LogP contribution in [0.1, 0.15) is 68.2 Å². The minimum Gasteiger partial charge on any atom is -0.504 e. The lowest BCUT2D eigenvalue weighted by molar-refractivity contribution is -0.118. The molecule has 2 aromatic carbocycles. The molecule has 7 heteroatoms. The second-order valence-electron chi connectivity index (χ2n) is 11.9. The maximum absolute atomic E-state index is 12.8. The van der Waals surface area contributed by atoms with Crippen molar-refractivity contribution < 1.29 is 19.7 Å². The van der Waals surface area contributed by atoms with Gasteiger partial charge in [-0.05, 0) is 93.7 Å². The van der Waals surface area contributed by atoms with Crippen LogP contribution in [0.4, 0.5) is 0 Å². The fourth-order valence-electron chi connectivity index (χ4n) is 6.78. The van der Waals surface area contributed by atoms with E-state index in [1.165, 1.54) is 12.8 Å². The molecular formula is C32H43N3O4. The molecule has 1 fully saturated rings. The molecule has 5 rings (SSSR count). The Morgan fingerprint density at radius 1 is 1.23 bits per heavy atom. The van der Waals surface area contributed by atoms with Gasteiger partial charge in [0.1, 0.15) is 6.61 Å². The van der Waals surface area contributed by atoms with Crippen LogP contribution in [0.5, 0.6) is 11.5 Å². The summed E-state index contributed by atoms with van der Waals surface area (Å²) in [5.74, 6) is 1.04. The third-order valence-corrected chi connectivity index (χ3v) is 9.29. The fraction of sp³-hybridized carbons (Fsp3) is 0.531. The van der Waals surface area contributed by atoms with Crippen molar-refractivity contribution >= 4 is 12.0 Å². The maximum Gasteiger partial charge on any atom is 0.267 e. The molecule has 3 atom stereocenters. The zero-order chi connectivity index (χ0) is 27.8. The normalized spacial score (nSPS) is 26.2. The van der Waals surface area contributed by atoms with Crippen LogP contribution >= 0.6 is 0 Å². The molecule has 7 nitrogen and oxygen atoms in total. The van der Waals surface area contributed by atoms with Gasteiger partial charge < -0.3 is 26.0 Å². The Bertz CT molecular complexity index is 1260. The lowest BCUT2D eigenvalue weighted by Gasteiger charge is -2.50. The van der Waals surface area contributed by atoms with Crippen LogP contribution in [0.2, 0.25) is 0 Å². The molecule has 1 aliphatic heterocycles. The zero-order valence-electron chi connectivity index (χ0n) is 23.5. The number of likely N-dealkylation sites (N-methyl/N-ethyl adjacent to an activating group) is 1. The van der Waals surface area contributed by atoms with Gasteiger partial charge in [-0.3, -0.25) is 9.69 Å². The molecule has 1 amide bonds. The topological polar surface area (TPSA) is 108 Å². The van der Waals surface area contributed by atoms with E-state index in [2.05, 4.69) is 24.1 Å². The maximum atomic E-state index is 12.8. The van der Waals surface area contributed by atoms with Crippen molar-refractivity contribution in [1.29, 1.82) is 0 Å². The number of rotatable bonds is 10. The standard InChI is InChI=1S/C32H43N3O4/c1-4-35(19-22-10-11-22)27-15-13-23-12-14-26(36)29-28(23)31(3,20-39-29)32(27,38)16-7-17-34-30(37)25(33)18-24-9-6-5-8-21(24)2/h5-6,8-9,12,14,18,22,27,36,38H,4,7,10-11,13,15-17,19-20,33H2,1-3H3,(H,34,37)/b25-18-. The van der Waals surface area contributed by atoms with Gasteiger partial charge in [-0.2, -0.15) is 0 Å². The SMILES string of the molecule is CCN(CC1CC1)C1CCc2ccc(O)c3c2C(C)(CO3)C1(O)CCCNC(=O)/C(N)=C/c1ccccc1C. The number of hydrogen-bond donors (Lipinski definition) is 4. The van der Waals surface area contributed by atoms with E-state index in [-0.39, 0.29) is 23.4 Å². The van der Waals surface area contributed by atoms with E-state index in [9.17, 15) is 15.0 Å². The third kappa shape index (κ3) is 5.14. The summed E-state index contributed by atoms with van der Waals surface area (Å²) in [6.07, 6.45) is 6.96. The third-order valence-electron chi connectivity index (χ3n) is 9.29. The molecule has 5 N–H and O–H groups in total. The predicted molar refractivity (Wildman–Crippen MR) is 154 cm³/mol. The monoisotopic (exact) mass is 533 g/mol. The number of amides is 1. The average Bonchev–Trinajstić information content (AvgIpc) is 3.68. The molecule has 3 aliphatic rings. The lowest BCUT2D eigenvalue weighted by atomic mass is 9.64. The summed E-state index contributed by atoms with van der Waals surface area (Å²) in [6.45, 7) is 8.83. The molecule has 39 heavy (non-hydrogen) atoms. The zero-order valence-corrected chi connectivity index (χ0v) is 23.5. The minimum atomic E-state index is -1.10. The van der Waals surface area contributed by atoms with Gasteiger partial charge in [-0.25, -0.2) is 0 Å². The van der Waals surface area contributed by atoms with Crippen molar-refractivity contribution in [3.63, 3.8) is 0 Å². The molecule has 1 saturated carbocycles. The van der Waals surface area contributed by atoms with Crippen LogP contribution in [0.25, 0.3) is 6.08 Å². The van der Waals surface area contributed by atoms with Gasteiger partial charge in [-0.1, -0.05) is 37.3 Å². The number of ether oxygens (including phenoxy) is 1. The Morgan fingerprint density at radius 3 is 2.72 bits per heavy atom. The summed E-state index contributed by atoms with van der Waals surface area (Å²) in [5, 5.41) is 26.3. The minimum absolute atomic E-state index is 0.0566. The second-order valence-corrected chi connectivity index (χ2v) is 11.9. The van der Waals surface area contributed by atoms with E-state index in [0.29, 0.717) is 37.7 Å². The summed E-state index contributed by atoms with van der Waals surface area (Å²) < 4.78 is 6.08. The van der Waals surface area contributed by atoms with Crippen molar-refractivity contribution in [2.75, 3.05) is 26.2 Å². The summed E-state index contributed by atoms with van der Waals surface area (Å²) in [5.41, 5.74) is 8.57. The van der Waals surface area contributed by atoms with Gasteiger partial charge in [0.2, 0.25) is 0 Å². The predicted octanol–water partition coefficient (Wildman–Crippen LogP) is 4.02. The number of carbonyl (C=O) groups is 1. The molecule has 0 bridgehead atoms.